The average Bonchev–Trinajstić information content (AvgIpc) is 3.24. The van der Waals surface area contributed by atoms with Gasteiger partial charge in [0.2, 0.25) is 11.8 Å². The molecule has 0 aromatic heterocycles. The summed E-state index contributed by atoms with van der Waals surface area (Å²) in [5.41, 5.74) is 2.52. The highest BCUT2D eigenvalue weighted by molar-refractivity contribution is 7.99. The highest BCUT2D eigenvalue weighted by Crippen LogP contribution is 2.26. The van der Waals surface area contributed by atoms with Gasteiger partial charge in [0, 0.05) is 50.9 Å². The molecule has 0 unspecified atom stereocenters. The van der Waals surface area contributed by atoms with Gasteiger partial charge in [-0.1, -0.05) is 42.7 Å². The van der Waals surface area contributed by atoms with E-state index in [2.05, 4.69) is 41.4 Å². The van der Waals surface area contributed by atoms with E-state index in [0.29, 0.717) is 18.2 Å². The molecule has 2 fully saturated rings. The topological polar surface area (TPSA) is 52.7 Å². The van der Waals surface area contributed by atoms with Crippen molar-refractivity contribution >= 4 is 23.6 Å². The van der Waals surface area contributed by atoms with Crippen LogP contribution < -0.4 is 5.32 Å². The predicted molar refractivity (Wildman–Crippen MR) is 115 cm³/mol. The summed E-state index contributed by atoms with van der Waals surface area (Å²) in [5, 5.41) is 3.02. The molecule has 2 aliphatic rings. The Kier molecular flexibility index (Phi) is 8.22. The van der Waals surface area contributed by atoms with Gasteiger partial charge in [0.05, 0.1) is 5.75 Å². The minimum atomic E-state index is 0.104. The SMILES string of the molecule is Cc1ccc(CSCC(=O)NCCN2CCN(C(=O)C3CCCC3)CC2)cc1. The molecule has 0 atom stereocenters. The number of aryl methyl sites for hydroxylation is 1. The third-order valence-electron chi connectivity index (χ3n) is 5.76. The molecule has 1 aromatic carbocycles. The van der Waals surface area contributed by atoms with Crippen molar-refractivity contribution in [2.24, 2.45) is 5.92 Å². The molecule has 28 heavy (non-hydrogen) atoms. The number of rotatable bonds is 8. The van der Waals surface area contributed by atoms with Gasteiger partial charge in [0.1, 0.15) is 0 Å². The molecule has 1 N–H and O–H groups in total. The third-order valence-corrected chi connectivity index (χ3v) is 6.76. The number of hydrogen-bond acceptors (Lipinski definition) is 4. The molecule has 3 rings (SSSR count). The molecule has 5 nitrogen and oxygen atoms in total. The summed E-state index contributed by atoms with van der Waals surface area (Å²) in [5.74, 6) is 2.12. The number of nitrogens with one attached hydrogen (secondary N) is 1. The van der Waals surface area contributed by atoms with Crippen molar-refractivity contribution in [1.82, 2.24) is 15.1 Å². The first-order chi connectivity index (χ1) is 13.6. The summed E-state index contributed by atoms with van der Waals surface area (Å²) >= 11 is 1.65. The van der Waals surface area contributed by atoms with Crippen LogP contribution in [0.2, 0.25) is 0 Å². The number of carbonyl (C=O) groups excluding carboxylic acids is 2. The molecule has 0 bridgehead atoms. The van der Waals surface area contributed by atoms with Crippen molar-refractivity contribution in [3.8, 4) is 0 Å². The normalized spacial score (nSPS) is 18.4. The Morgan fingerprint density at radius 2 is 1.75 bits per heavy atom. The van der Waals surface area contributed by atoms with Crippen molar-refractivity contribution in [2.45, 2.75) is 38.4 Å². The van der Waals surface area contributed by atoms with E-state index in [9.17, 15) is 9.59 Å². The first-order valence-electron chi connectivity index (χ1n) is 10.5. The van der Waals surface area contributed by atoms with Crippen LogP contribution in [0, 0.1) is 12.8 Å². The van der Waals surface area contributed by atoms with Crippen LogP contribution in [0.25, 0.3) is 0 Å². The van der Waals surface area contributed by atoms with Gasteiger partial charge in [-0.2, -0.15) is 0 Å². The van der Waals surface area contributed by atoms with Crippen LogP contribution in [0.5, 0.6) is 0 Å². The lowest BCUT2D eigenvalue weighted by Gasteiger charge is -2.36. The fourth-order valence-electron chi connectivity index (χ4n) is 3.97. The largest absolute Gasteiger partial charge is 0.354 e. The van der Waals surface area contributed by atoms with Crippen molar-refractivity contribution in [3.63, 3.8) is 0 Å². The molecule has 6 heteroatoms. The number of nitrogens with zero attached hydrogens (tertiary/aromatic N) is 2. The lowest BCUT2D eigenvalue weighted by Crippen LogP contribution is -2.51. The molecule has 1 saturated carbocycles. The lowest BCUT2D eigenvalue weighted by molar-refractivity contribution is -0.137. The van der Waals surface area contributed by atoms with Crippen LogP contribution >= 0.6 is 11.8 Å². The fourth-order valence-corrected chi connectivity index (χ4v) is 4.79. The Balaban J connectivity index is 1.24. The second kappa shape index (κ2) is 10.9. The van der Waals surface area contributed by atoms with Crippen LogP contribution in [0.1, 0.15) is 36.8 Å². The molecule has 0 radical (unpaired) electrons. The highest BCUT2D eigenvalue weighted by Gasteiger charge is 2.29. The Hall–Kier alpha value is -1.53. The molecule has 1 saturated heterocycles. The molecule has 1 aliphatic heterocycles. The van der Waals surface area contributed by atoms with E-state index in [0.717, 1.165) is 51.3 Å². The maximum atomic E-state index is 12.5. The quantitative estimate of drug-likeness (QED) is 0.725. The highest BCUT2D eigenvalue weighted by atomic mass is 32.2. The average molecular weight is 404 g/mol. The van der Waals surface area contributed by atoms with Crippen molar-refractivity contribution in [2.75, 3.05) is 45.0 Å². The molecule has 1 aromatic rings. The monoisotopic (exact) mass is 403 g/mol. The van der Waals surface area contributed by atoms with E-state index in [1.54, 1.807) is 11.8 Å². The molecule has 1 aliphatic carbocycles. The second-order valence-corrected chi connectivity index (χ2v) is 8.96. The summed E-state index contributed by atoms with van der Waals surface area (Å²) in [6.45, 7) is 7.11. The standard InChI is InChI=1S/C22H33N3O2S/c1-18-6-8-19(9-7-18)16-28-17-21(26)23-10-11-24-12-14-25(15-13-24)22(27)20-4-2-3-5-20/h6-9,20H,2-5,10-17H2,1H3,(H,23,26). The van der Waals surface area contributed by atoms with Gasteiger partial charge in [-0.3, -0.25) is 14.5 Å². The molecule has 154 valence electrons. The number of hydrogen-bond donors (Lipinski definition) is 1. The van der Waals surface area contributed by atoms with Gasteiger partial charge in [-0.05, 0) is 25.3 Å². The zero-order valence-corrected chi connectivity index (χ0v) is 17.8. The summed E-state index contributed by atoms with van der Waals surface area (Å²) in [6, 6.07) is 8.46. The Morgan fingerprint density at radius 3 is 2.43 bits per heavy atom. The van der Waals surface area contributed by atoms with Crippen molar-refractivity contribution in [3.05, 3.63) is 35.4 Å². The molecular weight excluding hydrogens is 370 g/mol. The molecule has 1 heterocycles. The second-order valence-electron chi connectivity index (χ2n) is 7.98. The van der Waals surface area contributed by atoms with Gasteiger partial charge in [-0.25, -0.2) is 0 Å². The van der Waals surface area contributed by atoms with Crippen molar-refractivity contribution in [1.29, 1.82) is 0 Å². The lowest BCUT2D eigenvalue weighted by atomic mass is 10.1. The minimum Gasteiger partial charge on any atom is -0.354 e. The number of thioether (sulfide) groups is 1. The Morgan fingerprint density at radius 1 is 1.07 bits per heavy atom. The van der Waals surface area contributed by atoms with Crippen molar-refractivity contribution < 1.29 is 9.59 Å². The zero-order chi connectivity index (χ0) is 19.8. The predicted octanol–water partition coefficient (Wildman–Crippen LogP) is 2.68. The number of piperazine rings is 1. The van der Waals surface area contributed by atoms with Gasteiger partial charge < -0.3 is 10.2 Å². The third kappa shape index (κ3) is 6.52. The van der Waals surface area contributed by atoms with Gasteiger partial charge in [0.25, 0.3) is 0 Å². The van der Waals surface area contributed by atoms with Crippen LogP contribution in [0.3, 0.4) is 0 Å². The van der Waals surface area contributed by atoms with Crippen LogP contribution in [0.4, 0.5) is 0 Å². The number of carbonyl (C=O) groups is 2. The first kappa shape index (κ1) is 21.2. The smallest absolute Gasteiger partial charge is 0.230 e. The van der Waals surface area contributed by atoms with Crippen LogP contribution in [0.15, 0.2) is 24.3 Å². The molecule has 0 spiro atoms. The van der Waals surface area contributed by atoms with Gasteiger partial charge in [-0.15, -0.1) is 11.8 Å². The van der Waals surface area contributed by atoms with E-state index in [-0.39, 0.29) is 11.8 Å². The minimum absolute atomic E-state index is 0.104. The molecular formula is C22H33N3O2S. The van der Waals surface area contributed by atoms with E-state index < -0.39 is 0 Å². The van der Waals surface area contributed by atoms with E-state index >= 15 is 0 Å². The summed E-state index contributed by atoms with van der Waals surface area (Å²) in [6.07, 6.45) is 4.57. The zero-order valence-electron chi connectivity index (χ0n) is 17.0. The van der Waals surface area contributed by atoms with Gasteiger partial charge in [0.15, 0.2) is 0 Å². The summed E-state index contributed by atoms with van der Waals surface area (Å²) in [7, 11) is 0. The maximum Gasteiger partial charge on any atom is 0.230 e. The van der Waals surface area contributed by atoms with E-state index in [4.69, 9.17) is 0 Å². The summed E-state index contributed by atoms with van der Waals surface area (Å²) < 4.78 is 0. The van der Waals surface area contributed by atoms with E-state index in [1.807, 2.05) is 4.90 Å². The first-order valence-corrected chi connectivity index (χ1v) is 11.7. The Labute approximate surface area is 173 Å². The van der Waals surface area contributed by atoms with Crippen LogP contribution in [-0.2, 0) is 15.3 Å². The Bertz CT molecular complexity index is 636. The molecule has 2 amide bonds. The fraction of sp³-hybridized carbons (Fsp3) is 0.636. The van der Waals surface area contributed by atoms with E-state index in [1.165, 1.54) is 24.0 Å². The maximum absolute atomic E-state index is 12.5. The summed E-state index contributed by atoms with van der Waals surface area (Å²) in [4.78, 5) is 28.9. The van der Waals surface area contributed by atoms with Crippen LogP contribution in [-0.4, -0.2) is 66.6 Å². The number of amides is 2. The number of benzene rings is 1. The van der Waals surface area contributed by atoms with Gasteiger partial charge >= 0.3 is 0 Å².